The molecule has 1 aromatic rings. The van der Waals surface area contributed by atoms with Crippen LogP contribution in [0.1, 0.15) is 31.4 Å². The molecule has 4 nitrogen and oxygen atoms in total. The summed E-state index contributed by atoms with van der Waals surface area (Å²) in [5.74, 6) is 0. The fraction of sp³-hybridized carbons (Fsp3) is 0.533. The third-order valence-corrected chi connectivity index (χ3v) is 3.16. The molecule has 0 bridgehead atoms. The van der Waals surface area contributed by atoms with E-state index in [1.54, 1.807) is 0 Å². The molecule has 0 heterocycles. The monoisotopic (exact) mass is 262 g/mol. The summed E-state index contributed by atoms with van der Waals surface area (Å²) in [6, 6.07) is 8.62. The fourth-order valence-corrected chi connectivity index (χ4v) is 2.13. The maximum atomic E-state index is 9.71. The number of oxime groups is 1. The van der Waals surface area contributed by atoms with Gasteiger partial charge in [-0.1, -0.05) is 43.3 Å². The number of fused-ring (bicyclic) bond motifs is 1. The number of nitrogens with one attached hydrogen (secondary N) is 1. The summed E-state index contributed by atoms with van der Waals surface area (Å²) in [6.45, 7) is 4.84. The first-order valence-electron chi connectivity index (χ1n) is 6.85. The summed E-state index contributed by atoms with van der Waals surface area (Å²) in [5, 5.41) is 17.0. The van der Waals surface area contributed by atoms with Crippen LogP contribution in [-0.2, 0) is 11.3 Å². The van der Waals surface area contributed by atoms with Crippen molar-refractivity contribution < 1.29 is 9.94 Å². The van der Waals surface area contributed by atoms with Gasteiger partial charge in [0, 0.05) is 18.2 Å². The van der Waals surface area contributed by atoms with E-state index in [1.165, 1.54) is 11.1 Å². The molecule has 1 unspecified atom stereocenters. The second kappa shape index (κ2) is 6.68. The summed E-state index contributed by atoms with van der Waals surface area (Å²) in [4.78, 5) is 5.27. The van der Waals surface area contributed by atoms with Crippen molar-refractivity contribution in [3.8, 4) is 0 Å². The van der Waals surface area contributed by atoms with Crippen LogP contribution >= 0.6 is 0 Å². The molecular weight excluding hydrogens is 240 g/mol. The molecule has 1 aliphatic rings. The number of aliphatic hydroxyl groups excluding tert-OH is 1. The first-order valence-corrected chi connectivity index (χ1v) is 6.85. The van der Waals surface area contributed by atoms with Crippen LogP contribution in [0.25, 0.3) is 0 Å². The lowest BCUT2D eigenvalue weighted by atomic mass is 10.1. The van der Waals surface area contributed by atoms with Gasteiger partial charge in [-0.3, -0.25) is 0 Å². The number of nitrogens with zero attached hydrogens (tertiary/aromatic N) is 1. The van der Waals surface area contributed by atoms with Gasteiger partial charge in [0.1, 0.15) is 12.7 Å². The molecule has 0 spiro atoms. The Hall–Kier alpha value is -1.39. The SMILES string of the molecule is CC(C)NCC(O)CO/N=C1\CCc2ccccc21. The summed E-state index contributed by atoms with van der Waals surface area (Å²) < 4.78 is 0. The van der Waals surface area contributed by atoms with Gasteiger partial charge in [-0.15, -0.1) is 0 Å². The van der Waals surface area contributed by atoms with E-state index < -0.39 is 6.10 Å². The molecule has 0 radical (unpaired) electrons. The van der Waals surface area contributed by atoms with E-state index in [-0.39, 0.29) is 6.61 Å². The molecular formula is C15H22N2O2. The quantitative estimate of drug-likeness (QED) is 0.767. The molecule has 104 valence electrons. The van der Waals surface area contributed by atoms with Gasteiger partial charge in [0.05, 0.1) is 5.71 Å². The highest BCUT2D eigenvalue weighted by atomic mass is 16.6. The summed E-state index contributed by atoms with van der Waals surface area (Å²) in [7, 11) is 0. The summed E-state index contributed by atoms with van der Waals surface area (Å²) >= 11 is 0. The van der Waals surface area contributed by atoms with Gasteiger partial charge in [0.15, 0.2) is 0 Å². The van der Waals surface area contributed by atoms with Gasteiger partial charge >= 0.3 is 0 Å². The maximum Gasteiger partial charge on any atom is 0.144 e. The Kier molecular flexibility index (Phi) is 4.93. The molecule has 0 amide bonds. The van der Waals surface area contributed by atoms with E-state index in [2.05, 4.69) is 22.6 Å². The number of rotatable bonds is 6. The third-order valence-electron chi connectivity index (χ3n) is 3.16. The van der Waals surface area contributed by atoms with Crippen LogP contribution in [0.4, 0.5) is 0 Å². The number of hydrogen-bond donors (Lipinski definition) is 2. The largest absolute Gasteiger partial charge is 0.393 e. The van der Waals surface area contributed by atoms with E-state index in [0.29, 0.717) is 12.6 Å². The van der Waals surface area contributed by atoms with Gasteiger partial charge < -0.3 is 15.3 Å². The molecule has 1 aliphatic carbocycles. The molecule has 0 saturated heterocycles. The average molecular weight is 262 g/mol. The second-order valence-corrected chi connectivity index (χ2v) is 5.21. The zero-order valence-electron chi connectivity index (χ0n) is 11.6. The van der Waals surface area contributed by atoms with E-state index >= 15 is 0 Å². The molecule has 0 fully saturated rings. The molecule has 1 atom stereocenters. The van der Waals surface area contributed by atoms with Crippen molar-refractivity contribution in [1.82, 2.24) is 5.32 Å². The normalized spacial score (nSPS) is 17.8. The van der Waals surface area contributed by atoms with Crippen molar-refractivity contribution in [2.24, 2.45) is 5.16 Å². The molecule has 2 N–H and O–H groups in total. The van der Waals surface area contributed by atoms with E-state index in [9.17, 15) is 5.11 Å². The van der Waals surface area contributed by atoms with Gasteiger partial charge in [0.2, 0.25) is 0 Å². The van der Waals surface area contributed by atoms with E-state index in [1.807, 2.05) is 26.0 Å². The highest BCUT2D eigenvalue weighted by Crippen LogP contribution is 2.22. The van der Waals surface area contributed by atoms with E-state index in [4.69, 9.17) is 4.84 Å². The minimum absolute atomic E-state index is 0.228. The summed E-state index contributed by atoms with van der Waals surface area (Å²) in [5.41, 5.74) is 3.49. The third kappa shape index (κ3) is 4.04. The molecule has 2 rings (SSSR count). The van der Waals surface area contributed by atoms with Gasteiger partial charge in [0.25, 0.3) is 0 Å². The second-order valence-electron chi connectivity index (χ2n) is 5.21. The van der Waals surface area contributed by atoms with Gasteiger partial charge in [-0.2, -0.15) is 0 Å². The van der Waals surface area contributed by atoms with Crippen molar-refractivity contribution >= 4 is 5.71 Å². The van der Waals surface area contributed by atoms with Crippen LogP contribution in [0.5, 0.6) is 0 Å². The smallest absolute Gasteiger partial charge is 0.144 e. The zero-order valence-corrected chi connectivity index (χ0v) is 11.6. The predicted octanol–water partition coefficient (Wildman–Crippen LogP) is 1.71. The van der Waals surface area contributed by atoms with Gasteiger partial charge in [-0.25, -0.2) is 0 Å². The van der Waals surface area contributed by atoms with Crippen molar-refractivity contribution in [1.29, 1.82) is 0 Å². The standard InChI is InChI=1S/C15H22N2O2/c1-11(2)16-9-13(18)10-19-17-15-8-7-12-5-3-4-6-14(12)15/h3-6,11,13,16,18H,7-10H2,1-2H3/b17-15+. The van der Waals surface area contributed by atoms with Crippen molar-refractivity contribution in [3.63, 3.8) is 0 Å². The lowest BCUT2D eigenvalue weighted by Crippen LogP contribution is -2.34. The Balaban J connectivity index is 1.81. The Morgan fingerprint density at radius 3 is 2.89 bits per heavy atom. The van der Waals surface area contributed by atoms with E-state index in [0.717, 1.165) is 18.6 Å². The molecule has 19 heavy (non-hydrogen) atoms. The van der Waals surface area contributed by atoms with Crippen LogP contribution in [0.3, 0.4) is 0 Å². The van der Waals surface area contributed by atoms with Crippen molar-refractivity contribution in [3.05, 3.63) is 35.4 Å². The number of hydrogen-bond acceptors (Lipinski definition) is 4. The summed E-state index contributed by atoms with van der Waals surface area (Å²) in [6.07, 6.45) is 1.42. The first kappa shape index (κ1) is 14.0. The predicted molar refractivity (Wildman–Crippen MR) is 76.4 cm³/mol. The van der Waals surface area contributed by atoms with Crippen LogP contribution < -0.4 is 5.32 Å². The number of aryl methyl sites for hydroxylation is 1. The van der Waals surface area contributed by atoms with Gasteiger partial charge in [-0.05, 0) is 18.4 Å². The van der Waals surface area contributed by atoms with Crippen LogP contribution in [0, 0.1) is 0 Å². The number of aliphatic hydroxyl groups is 1. The lowest BCUT2D eigenvalue weighted by molar-refractivity contribution is 0.0393. The highest BCUT2D eigenvalue weighted by Gasteiger charge is 2.17. The molecule has 0 saturated carbocycles. The van der Waals surface area contributed by atoms with Crippen molar-refractivity contribution in [2.75, 3.05) is 13.2 Å². The molecule has 1 aromatic carbocycles. The van der Waals surface area contributed by atoms with Crippen LogP contribution in [0.15, 0.2) is 29.4 Å². The Bertz CT molecular complexity index is 444. The maximum absolute atomic E-state index is 9.71. The fourth-order valence-electron chi connectivity index (χ4n) is 2.13. The lowest BCUT2D eigenvalue weighted by Gasteiger charge is -2.12. The molecule has 0 aromatic heterocycles. The highest BCUT2D eigenvalue weighted by molar-refractivity contribution is 6.04. The average Bonchev–Trinajstić information content (AvgIpc) is 2.80. The van der Waals surface area contributed by atoms with Crippen LogP contribution in [0.2, 0.25) is 0 Å². The minimum Gasteiger partial charge on any atom is -0.393 e. The number of benzene rings is 1. The first-order chi connectivity index (χ1) is 9.16. The van der Waals surface area contributed by atoms with Crippen LogP contribution in [-0.4, -0.2) is 36.1 Å². The Morgan fingerprint density at radius 2 is 2.11 bits per heavy atom. The molecule has 0 aliphatic heterocycles. The topological polar surface area (TPSA) is 53.8 Å². The Morgan fingerprint density at radius 1 is 1.32 bits per heavy atom. The zero-order chi connectivity index (χ0) is 13.7. The Labute approximate surface area is 114 Å². The molecule has 4 heteroatoms. The van der Waals surface area contributed by atoms with Crippen molar-refractivity contribution in [2.45, 2.75) is 38.8 Å². The minimum atomic E-state index is -0.525.